The Hall–Kier alpha value is -3.26. The van der Waals surface area contributed by atoms with Crippen LogP contribution in [-0.4, -0.2) is 35.1 Å². The fourth-order valence-electron chi connectivity index (χ4n) is 3.04. The van der Waals surface area contributed by atoms with E-state index in [-0.39, 0.29) is 22.8 Å². The van der Waals surface area contributed by atoms with Crippen molar-refractivity contribution in [3.63, 3.8) is 0 Å². The van der Waals surface area contributed by atoms with Crippen molar-refractivity contribution in [1.82, 2.24) is 14.7 Å². The number of anilines is 1. The second-order valence-electron chi connectivity index (χ2n) is 6.23. The number of ether oxygens (including phenoxy) is 1. The molecule has 0 aliphatic carbocycles. The normalized spacial score (nSPS) is 11.0. The molecule has 0 atom stereocenters. The summed E-state index contributed by atoms with van der Waals surface area (Å²) in [6, 6.07) is 6.84. The molecule has 0 aromatic carbocycles. The van der Waals surface area contributed by atoms with Gasteiger partial charge in [0.05, 0.1) is 6.54 Å². The Morgan fingerprint density at radius 2 is 2.29 bits per heavy atom. The summed E-state index contributed by atoms with van der Waals surface area (Å²) in [4.78, 5) is 30.2. The molecule has 0 aliphatic heterocycles. The van der Waals surface area contributed by atoms with Crippen molar-refractivity contribution in [2.75, 3.05) is 25.5 Å². The Kier molecular flexibility index (Phi) is 6.00. The first-order valence-electron chi connectivity index (χ1n) is 9.18. The third-order valence-electron chi connectivity index (χ3n) is 4.39. The number of nitrogens with two attached hydrogens (primary N) is 1. The zero-order valence-corrected chi connectivity index (χ0v) is 15.9. The number of carbonyl (C=O) groups excluding carboxylic acids is 1. The molecule has 0 aliphatic rings. The van der Waals surface area contributed by atoms with Crippen molar-refractivity contribution in [3.8, 4) is 0 Å². The van der Waals surface area contributed by atoms with Crippen molar-refractivity contribution in [1.29, 1.82) is 0 Å². The molecule has 0 saturated heterocycles. The first-order valence-corrected chi connectivity index (χ1v) is 9.18. The molecule has 0 spiro atoms. The van der Waals surface area contributed by atoms with Crippen molar-refractivity contribution >= 4 is 28.4 Å². The van der Waals surface area contributed by atoms with Crippen molar-refractivity contribution in [2.24, 2.45) is 0 Å². The molecule has 0 fully saturated rings. The smallest absolute Gasteiger partial charge is 0.278 e. The molecular weight excluding hydrogens is 358 g/mol. The van der Waals surface area contributed by atoms with E-state index in [0.717, 1.165) is 0 Å². The molecule has 3 aromatic heterocycles. The van der Waals surface area contributed by atoms with Crippen LogP contribution in [0.2, 0.25) is 0 Å². The molecule has 0 unspecified atom stereocenters. The van der Waals surface area contributed by atoms with Gasteiger partial charge < -0.3 is 15.8 Å². The minimum atomic E-state index is -0.365. The van der Waals surface area contributed by atoms with Crippen molar-refractivity contribution < 1.29 is 14.1 Å². The Balaban J connectivity index is 2.21. The van der Waals surface area contributed by atoms with Gasteiger partial charge in [0.2, 0.25) is 11.5 Å². The lowest BCUT2D eigenvalue weighted by Gasteiger charge is -2.12. The van der Waals surface area contributed by atoms with Gasteiger partial charge in [0, 0.05) is 32.4 Å². The van der Waals surface area contributed by atoms with Crippen LogP contribution in [0.5, 0.6) is 0 Å². The highest BCUT2D eigenvalue weighted by Crippen LogP contribution is 2.15. The maximum atomic E-state index is 13.0. The van der Waals surface area contributed by atoms with E-state index in [4.69, 9.17) is 10.5 Å². The summed E-state index contributed by atoms with van der Waals surface area (Å²) >= 11 is 0. The standard InChI is InChI=1S/C20H23N5O3/c1-3-9-22-19(26)14-13-15-18(25(17(14)21)11-7-12-28-4-2)23-16-8-5-6-10-24(16)20(15)27/h3,5-6,8,10,13,21H,1,4,7,9,11-12H2,2H3,(H,22,26)/p+1. The molecule has 3 heterocycles. The zero-order valence-electron chi connectivity index (χ0n) is 15.9. The van der Waals surface area contributed by atoms with Gasteiger partial charge in [0.1, 0.15) is 10.9 Å². The lowest BCUT2D eigenvalue weighted by molar-refractivity contribution is -0.659. The molecule has 3 rings (SSSR count). The van der Waals surface area contributed by atoms with Crippen LogP contribution in [0.25, 0.3) is 16.7 Å². The predicted octanol–water partition coefficient (Wildman–Crippen LogP) is 1.06. The average molecular weight is 382 g/mol. The zero-order chi connectivity index (χ0) is 20.1. The summed E-state index contributed by atoms with van der Waals surface area (Å²) in [7, 11) is 0. The predicted molar refractivity (Wildman–Crippen MR) is 107 cm³/mol. The van der Waals surface area contributed by atoms with E-state index in [1.54, 1.807) is 29.0 Å². The number of hydrogen-bond donors (Lipinski definition) is 2. The van der Waals surface area contributed by atoms with Gasteiger partial charge in [0.25, 0.3) is 17.1 Å². The van der Waals surface area contributed by atoms with Gasteiger partial charge in [-0.15, -0.1) is 6.58 Å². The molecule has 1 amide bonds. The molecule has 3 N–H and O–H groups in total. The Morgan fingerprint density at radius 3 is 3.04 bits per heavy atom. The van der Waals surface area contributed by atoms with Crippen LogP contribution < -0.4 is 21.2 Å². The lowest BCUT2D eigenvalue weighted by Crippen LogP contribution is -2.43. The molecule has 146 valence electrons. The van der Waals surface area contributed by atoms with E-state index >= 15 is 0 Å². The first-order chi connectivity index (χ1) is 13.6. The molecule has 8 nitrogen and oxygen atoms in total. The minimum Gasteiger partial charge on any atom is -0.382 e. The molecule has 0 saturated carbocycles. The molecular formula is C20H24N5O3+. The summed E-state index contributed by atoms with van der Waals surface area (Å²) in [5, 5.41) is 3.04. The van der Waals surface area contributed by atoms with Crippen LogP contribution in [0, 0.1) is 0 Å². The number of aromatic nitrogens is 3. The van der Waals surface area contributed by atoms with Gasteiger partial charge in [-0.25, -0.2) is 4.57 Å². The topological polar surface area (TPSA) is 103 Å². The Labute approximate surface area is 162 Å². The number of carbonyl (C=O) groups is 1. The highest BCUT2D eigenvalue weighted by Gasteiger charge is 2.23. The maximum absolute atomic E-state index is 13.0. The third-order valence-corrected chi connectivity index (χ3v) is 4.39. The van der Waals surface area contributed by atoms with E-state index in [1.165, 1.54) is 10.5 Å². The number of nitrogens with one attached hydrogen (secondary N) is 1. The van der Waals surface area contributed by atoms with E-state index < -0.39 is 0 Å². The highest BCUT2D eigenvalue weighted by atomic mass is 16.5. The summed E-state index contributed by atoms with van der Waals surface area (Å²) in [5.41, 5.74) is 7.27. The van der Waals surface area contributed by atoms with Crippen LogP contribution >= 0.6 is 0 Å². The molecule has 8 heteroatoms. The highest BCUT2D eigenvalue weighted by molar-refractivity contribution is 6.00. The van der Waals surface area contributed by atoms with Crippen molar-refractivity contribution in [3.05, 3.63) is 59.0 Å². The van der Waals surface area contributed by atoms with Crippen LogP contribution in [0.1, 0.15) is 23.7 Å². The van der Waals surface area contributed by atoms with Crippen LogP contribution in [0.4, 0.5) is 5.82 Å². The number of rotatable bonds is 8. The largest absolute Gasteiger partial charge is 0.382 e. The van der Waals surface area contributed by atoms with E-state index in [1.807, 2.05) is 13.0 Å². The van der Waals surface area contributed by atoms with E-state index in [2.05, 4.69) is 16.9 Å². The average Bonchev–Trinajstić information content (AvgIpc) is 2.71. The van der Waals surface area contributed by atoms with Crippen LogP contribution in [0.3, 0.4) is 0 Å². The van der Waals surface area contributed by atoms with Gasteiger partial charge in [-0.05, 0) is 25.1 Å². The molecule has 3 aromatic rings. The number of hydrogen-bond acceptors (Lipinski definition) is 5. The van der Waals surface area contributed by atoms with Crippen LogP contribution in [0.15, 0.2) is 47.9 Å². The van der Waals surface area contributed by atoms with Crippen LogP contribution in [-0.2, 0) is 11.3 Å². The van der Waals surface area contributed by atoms with Gasteiger partial charge in [-0.3, -0.25) is 14.0 Å². The third kappa shape index (κ3) is 3.72. The quantitative estimate of drug-likeness (QED) is 0.262. The SMILES string of the molecule is C=CCNC(=O)c1cc2c(=O)n3ccccc3nc2[n+](CCCOCC)c1N. The van der Waals surface area contributed by atoms with E-state index in [0.29, 0.717) is 49.4 Å². The maximum Gasteiger partial charge on any atom is 0.278 e. The number of pyridine rings is 2. The lowest BCUT2D eigenvalue weighted by atomic mass is 10.1. The first kappa shape index (κ1) is 19.5. The summed E-state index contributed by atoms with van der Waals surface area (Å²) in [6.45, 7) is 7.46. The number of nitrogen functional groups attached to an aromatic ring is 1. The summed E-state index contributed by atoms with van der Waals surface area (Å²) in [5.74, 6) is -0.104. The summed E-state index contributed by atoms with van der Waals surface area (Å²) in [6.07, 6.45) is 3.90. The fraction of sp³-hybridized carbons (Fsp3) is 0.300. The van der Waals surface area contributed by atoms with E-state index in [9.17, 15) is 9.59 Å². The molecule has 0 bridgehead atoms. The van der Waals surface area contributed by atoms with Gasteiger partial charge in [-0.2, -0.15) is 0 Å². The minimum absolute atomic E-state index is 0.237. The monoisotopic (exact) mass is 382 g/mol. The molecule has 28 heavy (non-hydrogen) atoms. The van der Waals surface area contributed by atoms with Gasteiger partial charge >= 0.3 is 0 Å². The number of nitrogens with zero attached hydrogens (tertiary/aromatic N) is 3. The van der Waals surface area contributed by atoms with Gasteiger partial charge in [-0.1, -0.05) is 17.1 Å². The second kappa shape index (κ2) is 8.62. The summed E-state index contributed by atoms with van der Waals surface area (Å²) < 4.78 is 8.57. The van der Waals surface area contributed by atoms with Crippen molar-refractivity contribution in [2.45, 2.75) is 19.9 Å². The number of fused-ring (bicyclic) bond motifs is 2. The Bertz CT molecular complexity index is 1090. The molecule has 0 radical (unpaired) electrons. The number of amides is 1. The Morgan fingerprint density at radius 1 is 1.46 bits per heavy atom. The van der Waals surface area contributed by atoms with Gasteiger partial charge in [0.15, 0.2) is 0 Å². The fourth-order valence-corrected chi connectivity index (χ4v) is 3.04. The number of aryl methyl sites for hydroxylation is 1. The second-order valence-corrected chi connectivity index (χ2v) is 6.23.